The average molecular weight is 414 g/mol. The van der Waals surface area contributed by atoms with Crippen LogP contribution in [0.15, 0.2) is 49.6 Å². The predicted octanol–water partition coefficient (Wildman–Crippen LogP) is 3.30. The predicted molar refractivity (Wildman–Crippen MR) is 104 cm³/mol. The molecule has 1 amide bonds. The highest BCUT2D eigenvalue weighted by Gasteiger charge is 2.31. The number of hydrogen-bond acceptors (Lipinski definition) is 6. The molecule has 1 N–H and O–H groups in total. The van der Waals surface area contributed by atoms with Crippen LogP contribution in [0.5, 0.6) is 0 Å². The number of pyridine rings is 2. The quantitative estimate of drug-likeness (QED) is 0.660. The van der Waals surface area contributed by atoms with Crippen LogP contribution >= 0.6 is 0 Å². The van der Waals surface area contributed by atoms with Crippen LogP contribution in [0.4, 0.5) is 19.0 Å². The molecule has 0 bridgehead atoms. The summed E-state index contributed by atoms with van der Waals surface area (Å²) in [5.41, 5.74) is 0.917. The molecule has 10 heteroatoms. The van der Waals surface area contributed by atoms with E-state index in [1.54, 1.807) is 4.90 Å². The van der Waals surface area contributed by atoms with E-state index in [-0.39, 0.29) is 11.9 Å². The zero-order valence-electron chi connectivity index (χ0n) is 15.7. The summed E-state index contributed by atoms with van der Waals surface area (Å²) in [6.45, 7) is 4.62. The van der Waals surface area contributed by atoms with Crippen molar-refractivity contribution < 1.29 is 18.0 Å². The van der Waals surface area contributed by atoms with Gasteiger partial charge in [-0.25, -0.2) is 9.97 Å². The number of amides is 1. The summed E-state index contributed by atoms with van der Waals surface area (Å²) in [4.78, 5) is 30.5. The standard InChI is InChI=1S/C20H17F3N6O/c1-2-16(30)29-8-5-13(11-29)28-19-18-17(24-6-7-25-18)14(10-27-19)15-4-3-12(9-26-15)20(21,22)23/h2-4,6-7,9-10,13H,1,5,8,11H2,(H,27,28). The van der Waals surface area contributed by atoms with Gasteiger partial charge in [0, 0.05) is 49.5 Å². The molecule has 1 aliphatic rings. The number of anilines is 1. The second kappa shape index (κ2) is 7.69. The number of carbonyl (C=O) groups excluding carboxylic acids is 1. The van der Waals surface area contributed by atoms with Gasteiger partial charge in [-0.15, -0.1) is 0 Å². The summed E-state index contributed by atoms with van der Waals surface area (Å²) < 4.78 is 38.4. The Morgan fingerprint density at radius 2 is 1.90 bits per heavy atom. The van der Waals surface area contributed by atoms with Crippen molar-refractivity contribution in [2.24, 2.45) is 0 Å². The number of halogens is 3. The fourth-order valence-electron chi connectivity index (χ4n) is 3.37. The van der Waals surface area contributed by atoms with Crippen LogP contribution < -0.4 is 5.32 Å². The Morgan fingerprint density at radius 1 is 1.13 bits per heavy atom. The fraction of sp³-hybridized carbons (Fsp3) is 0.250. The maximum absolute atomic E-state index is 12.8. The van der Waals surface area contributed by atoms with Crippen molar-refractivity contribution in [3.63, 3.8) is 0 Å². The van der Waals surface area contributed by atoms with Crippen molar-refractivity contribution in [3.05, 3.63) is 55.1 Å². The molecule has 3 aromatic heterocycles. The Kier molecular flexibility index (Phi) is 5.06. The number of aromatic nitrogens is 4. The monoisotopic (exact) mass is 414 g/mol. The Labute approximate surface area is 169 Å². The topological polar surface area (TPSA) is 83.9 Å². The molecule has 1 atom stereocenters. The summed E-state index contributed by atoms with van der Waals surface area (Å²) in [6, 6.07) is 2.25. The molecule has 0 spiro atoms. The summed E-state index contributed by atoms with van der Waals surface area (Å²) in [5, 5.41) is 3.29. The van der Waals surface area contributed by atoms with Gasteiger partial charge in [0.15, 0.2) is 5.82 Å². The molecule has 0 saturated carbocycles. The van der Waals surface area contributed by atoms with Gasteiger partial charge >= 0.3 is 6.18 Å². The molecule has 30 heavy (non-hydrogen) atoms. The molecular weight excluding hydrogens is 397 g/mol. The van der Waals surface area contributed by atoms with Gasteiger partial charge in [-0.2, -0.15) is 13.2 Å². The lowest BCUT2D eigenvalue weighted by atomic mass is 10.1. The van der Waals surface area contributed by atoms with E-state index in [1.807, 2.05) is 0 Å². The van der Waals surface area contributed by atoms with E-state index in [1.165, 1.54) is 30.7 Å². The first-order valence-corrected chi connectivity index (χ1v) is 9.18. The number of fused-ring (bicyclic) bond motifs is 1. The second-order valence-electron chi connectivity index (χ2n) is 6.82. The van der Waals surface area contributed by atoms with Crippen molar-refractivity contribution in [2.75, 3.05) is 18.4 Å². The smallest absolute Gasteiger partial charge is 0.364 e. The molecule has 1 saturated heterocycles. The van der Waals surface area contributed by atoms with E-state index in [2.05, 4.69) is 31.8 Å². The van der Waals surface area contributed by atoms with Gasteiger partial charge in [-0.05, 0) is 24.6 Å². The molecule has 7 nitrogen and oxygen atoms in total. The highest BCUT2D eigenvalue weighted by Crippen LogP contribution is 2.32. The van der Waals surface area contributed by atoms with E-state index in [9.17, 15) is 18.0 Å². The van der Waals surface area contributed by atoms with E-state index in [4.69, 9.17) is 0 Å². The highest BCUT2D eigenvalue weighted by atomic mass is 19.4. The van der Waals surface area contributed by atoms with E-state index in [0.717, 1.165) is 18.7 Å². The van der Waals surface area contributed by atoms with Crippen LogP contribution in [0.25, 0.3) is 22.3 Å². The molecule has 0 aromatic carbocycles. The third-order valence-electron chi connectivity index (χ3n) is 4.88. The molecule has 0 radical (unpaired) electrons. The van der Waals surface area contributed by atoms with Gasteiger partial charge in [0.2, 0.25) is 5.91 Å². The van der Waals surface area contributed by atoms with Gasteiger partial charge in [0.1, 0.15) is 11.0 Å². The van der Waals surface area contributed by atoms with Crippen molar-refractivity contribution in [2.45, 2.75) is 18.6 Å². The van der Waals surface area contributed by atoms with Gasteiger partial charge in [0.25, 0.3) is 0 Å². The van der Waals surface area contributed by atoms with E-state index in [0.29, 0.717) is 41.2 Å². The summed E-state index contributed by atoms with van der Waals surface area (Å²) >= 11 is 0. The Bertz CT molecular complexity index is 1100. The first-order valence-electron chi connectivity index (χ1n) is 9.18. The van der Waals surface area contributed by atoms with Gasteiger partial charge < -0.3 is 10.2 Å². The van der Waals surface area contributed by atoms with Gasteiger partial charge in [-0.1, -0.05) is 6.58 Å². The highest BCUT2D eigenvalue weighted by molar-refractivity contribution is 5.95. The Hall–Kier alpha value is -3.56. The number of hydrogen-bond donors (Lipinski definition) is 1. The first-order chi connectivity index (χ1) is 14.4. The van der Waals surface area contributed by atoms with Crippen molar-refractivity contribution in [3.8, 4) is 11.3 Å². The zero-order chi connectivity index (χ0) is 21.3. The van der Waals surface area contributed by atoms with E-state index >= 15 is 0 Å². The van der Waals surface area contributed by atoms with Gasteiger partial charge in [-0.3, -0.25) is 14.8 Å². The lowest BCUT2D eigenvalue weighted by molar-refractivity contribution is -0.137. The minimum atomic E-state index is -4.46. The molecule has 1 fully saturated rings. The maximum atomic E-state index is 12.8. The molecule has 3 aromatic rings. The molecule has 1 aliphatic heterocycles. The maximum Gasteiger partial charge on any atom is 0.417 e. The number of alkyl halides is 3. The van der Waals surface area contributed by atoms with Crippen molar-refractivity contribution in [1.82, 2.24) is 24.8 Å². The summed E-state index contributed by atoms with van der Waals surface area (Å²) in [7, 11) is 0. The van der Waals surface area contributed by atoms with Crippen molar-refractivity contribution in [1.29, 1.82) is 0 Å². The first kappa shape index (κ1) is 19.7. The zero-order valence-corrected chi connectivity index (χ0v) is 15.7. The lowest BCUT2D eigenvalue weighted by Crippen LogP contribution is -2.30. The molecule has 154 valence electrons. The number of nitrogens with zero attached hydrogens (tertiary/aromatic N) is 5. The SMILES string of the molecule is C=CC(=O)N1CCC(Nc2ncc(-c3ccc(C(F)(F)F)cn3)c3nccnc23)C1. The lowest BCUT2D eigenvalue weighted by Gasteiger charge is -2.17. The van der Waals surface area contributed by atoms with Crippen LogP contribution in [-0.2, 0) is 11.0 Å². The Balaban J connectivity index is 1.64. The van der Waals surface area contributed by atoms with Crippen LogP contribution in [0, 0.1) is 0 Å². The van der Waals surface area contributed by atoms with Crippen LogP contribution in [0.1, 0.15) is 12.0 Å². The van der Waals surface area contributed by atoms with E-state index < -0.39 is 11.7 Å². The van der Waals surface area contributed by atoms with Gasteiger partial charge in [0.05, 0.1) is 11.3 Å². The Morgan fingerprint density at radius 3 is 2.57 bits per heavy atom. The number of likely N-dealkylation sites (tertiary alicyclic amines) is 1. The largest absolute Gasteiger partial charge is 0.417 e. The van der Waals surface area contributed by atoms with Crippen molar-refractivity contribution >= 4 is 22.8 Å². The fourth-order valence-corrected chi connectivity index (χ4v) is 3.37. The number of carbonyl (C=O) groups is 1. The molecular formula is C20H17F3N6O. The third-order valence-corrected chi connectivity index (χ3v) is 4.88. The summed E-state index contributed by atoms with van der Waals surface area (Å²) in [5.74, 6) is 0.368. The second-order valence-corrected chi connectivity index (χ2v) is 6.82. The third kappa shape index (κ3) is 3.80. The molecule has 4 rings (SSSR count). The average Bonchev–Trinajstić information content (AvgIpc) is 3.21. The number of nitrogens with one attached hydrogen (secondary N) is 1. The normalized spacial score (nSPS) is 16.6. The van der Waals surface area contributed by atoms with Crippen LogP contribution in [0.3, 0.4) is 0 Å². The molecule has 1 unspecified atom stereocenters. The van der Waals surface area contributed by atoms with Crippen LogP contribution in [-0.4, -0.2) is 49.9 Å². The minimum Gasteiger partial charge on any atom is -0.364 e. The van der Waals surface area contributed by atoms with Crippen LogP contribution in [0.2, 0.25) is 0 Å². The molecule has 4 heterocycles. The molecule has 0 aliphatic carbocycles. The minimum absolute atomic E-state index is 0.0124. The number of rotatable bonds is 4. The summed E-state index contributed by atoms with van der Waals surface area (Å²) in [6.07, 6.45) is 2.88.